The van der Waals surface area contributed by atoms with Gasteiger partial charge in [0, 0.05) is 11.1 Å². The molecular formula is C14H4F4N2. The number of hydrogen-bond acceptors (Lipinski definition) is 2. The summed E-state index contributed by atoms with van der Waals surface area (Å²) in [6.45, 7) is 0. The Hall–Kier alpha value is -2.86. The molecule has 0 saturated heterocycles. The summed E-state index contributed by atoms with van der Waals surface area (Å²) in [5.74, 6) is -6.30. The van der Waals surface area contributed by atoms with Gasteiger partial charge in [-0.05, 0) is 6.07 Å². The van der Waals surface area contributed by atoms with E-state index in [-0.39, 0.29) is 0 Å². The Balaban J connectivity index is 2.99. The number of nitriles is 2. The molecular weight excluding hydrogens is 272 g/mol. The minimum Gasteiger partial charge on any atom is -0.206 e. The monoisotopic (exact) mass is 276 g/mol. The van der Waals surface area contributed by atoms with Crippen LogP contribution in [0.4, 0.5) is 17.6 Å². The van der Waals surface area contributed by atoms with Gasteiger partial charge in [-0.1, -0.05) is 18.2 Å². The first-order valence-electron chi connectivity index (χ1n) is 5.28. The molecule has 0 atom stereocenters. The molecule has 0 heterocycles. The van der Waals surface area contributed by atoms with Crippen molar-refractivity contribution in [1.29, 1.82) is 10.5 Å². The van der Waals surface area contributed by atoms with Crippen molar-refractivity contribution in [3.63, 3.8) is 0 Å². The van der Waals surface area contributed by atoms with Crippen LogP contribution >= 0.6 is 0 Å². The van der Waals surface area contributed by atoms with Crippen molar-refractivity contribution in [2.75, 3.05) is 0 Å². The fourth-order valence-electron chi connectivity index (χ4n) is 1.79. The molecule has 0 amide bonds. The summed E-state index contributed by atoms with van der Waals surface area (Å²) >= 11 is 0. The smallest absolute Gasteiger partial charge is 0.196 e. The number of halogens is 4. The van der Waals surface area contributed by atoms with Gasteiger partial charge in [-0.15, -0.1) is 0 Å². The largest absolute Gasteiger partial charge is 0.206 e. The first kappa shape index (κ1) is 13.6. The van der Waals surface area contributed by atoms with Crippen molar-refractivity contribution in [2.45, 2.75) is 0 Å². The number of benzene rings is 2. The van der Waals surface area contributed by atoms with E-state index in [1.165, 1.54) is 24.3 Å². The van der Waals surface area contributed by atoms with E-state index in [1.807, 2.05) is 0 Å². The van der Waals surface area contributed by atoms with Gasteiger partial charge in [0.2, 0.25) is 0 Å². The van der Waals surface area contributed by atoms with Crippen molar-refractivity contribution < 1.29 is 17.6 Å². The highest BCUT2D eigenvalue weighted by Crippen LogP contribution is 2.33. The van der Waals surface area contributed by atoms with Gasteiger partial charge in [-0.2, -0.15) is 10.5 Å². The Morgan fingerprint density at radius 3 is 1.90 bits per heavy atom. The topological polar surface area (TPSA) is 47.6 Å². The van der Waals surface area contributed by atoms with Crippen LogP contribution in [0, 0.1) is 45.9 Å². The third kappa shape index (κ3) is 1.88. The molecule has 0 unspecified atom stereocenters. The Labute approximate surface area is 111 Å². The molecule has 0 aromatic heterocycles. The highest BCUT2D eigenvalue weighted by Gasteiger charge is 2.27. The van der Waals surface area contributed by atoms with Gasteiger partial charge < -0.3 is 0 Å². The summed E-state index contributed by atoms with van der Waals surface area (Å²) in [4.78, 5) is 0. The Morgan fingerprint density at radius 2 is 1.35 bits per heavy atom. The zero-order valence-corrected chi connectivity index (χ0v) is 9.72. The molecule has 0 saturated carbocycles. The molecule has 2 aromatic rings. The van der Waals surface area contributed by atoms with Gasteiger partial charge in [0.25, 0.3) is 0 Å². The van der Waals surface area contributed by atoms with Crippen molar-refractivity contribution in [2.24, 2.45) is 0 Å². The lowest BCUT2D eigenvalue weighted by molar-refractivity contribution is 0.446. The Kier molecular flexibility index (Phi) is 3.41. The number of rotatable bonds is 1. The van der Waals surface area contributed by atoms with Crippen molar-refractivity contribution >= 4 is 0 Å². The second kappa shape index (κ2) is 5.02. The molecule has 20 heavy (non-hydrogen) atoms. The third-order valence-corrected chi connectivity index (χ3v) is 2.69. The maximum absolute atomic E-state index is 13.8. The highest BCUT2D eigenvalue weighted by atomic mass is 19.2. The lowest BCUT2D eigenvalue weighted by Gasteiger charge is -2.10. The van der Waals surface area contributed by atoms with Crippen LogP contribution in [0.15, 0.2) is 24.3 Å². The summed E-state index contributed by atoms with van der Waals surface area (Å²) in [5, 5.41) is 17.7. The highest BCUT2D eigenvalue weighted by molar-refractivity contribution is 5.75. The summed E-state index contributed by atoms with van der Waals surface area (Å²) in [6.07, 6.45) is 0. The predicted octanol–water partition coefficient (Wildman–Crippen LogP) is 3.65. The average molecular weight is 276 g/mol. The predicted molar refractivity (Wildman–Crippen MR) is 61.1 cm³/mol. The first-order chi connectivity index (χ1) is 9.52. The van der Waals surface area contributed by atoms with Crippen molar-refractivity contribution in [1.82, 2.24) is 0 Å². The molecule has 0 bridgehead atoms. The van der Waals surface area contributed by atoms with Crippen LogP contribution in [0.2, 0.25) is 0 Å². The van der Waals surface area contributed by atoms with E-state index in [9.17, 15) is 17.6 Å². The normalized spacial score (nSPS) is 9.90. The summed E-state index contributed by atoms with van der Waals surface area (Å²) in [7, 11) is 0. The van der Waals surface area contributed by atoms with Gasteiger partial charge in [-0.25, -0.2) is 17.6 Å². The minimum absolute atomic E-state index is 0.419. The van der Waals surface area contributed by atoms with Crippen LogP contribution in [-0.4, -0.2) is 0 Å². The van der Waals surface area contributed by atoms with Gasteiger partial charge >= 0.3 is 0 Å². The molecule has 6 heteroatoms. The zero-order chi connectivity index (χ0) is 14.9. The van der Waals surface area contributed by atoms with E-state index < -0.39 is 45.5 Å². The molecule has 2 rings (SSSR count). The van der Waals surface area contributed by atoms with E-state index in [1.54, 1.807) is 0 Å². The quantitative estimate of drug-likeness (QED) is 0.589. The van der Waals surface area contributed by atoms with Crippen LogP contribution in [0.3, 0.4) is 0 Å². The molecule has 0 spiro atoms. The molecule has 0 aliphatic heterocycles. The molecule has 0 aliphatic carbocycles. The van der Waals surface area contributed by atoms with Crippen LogP contribution in [0.1, 0.15) is 11.1 Å². The van der Waals surface area contributed by atoms with E-state index >= 15 is 0 Å². The molecule has 0 aliphatic rings. The van der Waals surface area contributed by atoms with Crippen molar-refractivity contribution in [3.05, 3.63) is 58.7 Å². The molecule has 0 radical (unpaired) electrons. The van der Waals surface area contributed by atoms with Crippen LogP contribution in [0.5, 0.6) is 0 Å². The minimum atomic E-state index is -1.92. The molecule has 2 nitrogen and oxygen atoms in total. The molecule has 2 aromatic carbocycles. The Bertz CT molecular complexity index is 785. The lowest BCUT2D eigenvalue weighted by atomic mass is 9.94. The van der Waals surface area contributed by atoms with E-state index in [0.29, 0.717) is 0 Å². The lowest BCUT2D eigenvalue weighted by Crippen LogP contribution is -2.04. The van der Waals surface area contributed by atoms with Crippen LogP contribution in [0.25, 0.3) is 11.1 Å². The van der Waals surface area contributed by atoms with E-state index in [0.717, 1.165) is 12.1 Å². The van der Waals surface area contributed by atoms with Gasteiger partial charge in [-0.3, -0.25) is 0 Å². The van der Waals surface area contributed by atoms with Crippen molar-refractivity contribution in [3.8, 4) is 23.3 Å². The van der Waals surface area contributed by atoms with Gasteiger partial charge in [0.1, 0.15) is 23.5 Å². The van der Waals surface area contributed by atoms with Crippen LogP contribution < -0.4 is 0 Å². The molecule has 98 valence electrons. The maximum atomic E-state index is 13.8. The SMILES string of the molecule is N#Cc1c(F)c(F)c(F)c(-c2ccccc2F)c1C#N. The second-order valence-electron chi connectivity index (χ2n) is 3.77. The summed E-state index contributed by atoms with van der Waals surface area (Å²) in [5.41, 5.74) is -2.88. The molecule has 0 fully saturated rings. The van der Waals surface area contributed by atoms with E-state index in [4.69, 9.17) is 10.5 Å². The number of hydrogen-bond donors (Lipinski definition) is 0. The Morgan fingerprint density at radius 1 is 0.750 bits per heavy atom. The third-order valence-electron chi connectivity index (χ3n) is 2.69. The van der Waals surface area contributed by atoms with Gasteiger partial charge in [0.15, 0.2) is 17.5 Å². The average Bonchev–Trinajstić information content (AvgIpc) is 2.45. The summed E-state index contributed by atoms with van der Waals surface area (Å²) in [6, 6.07) is 7.43. The van der Waals surface area contributed by atoms with E-state index in [2.05, 4.69) is 0 Å². The summed E-state index contributed by atoms with van der Waals surface area (Å²) < 4.78 is 54.4. The maximum Gasteiger partial charge on any atom is 0.196 e. The number of nitrogens with zero attached hydrogens (tertiary/aromatic N) is 2. The fourth-order valence-corrected chi connectivity index (χ4v) is 1.79. The zero-order valence-electron chi connectivity index (χ0n) is 9.72. The second-order valence-corrected chi connectivity index (χ2v) is 3.77. The first-order valence-corrected chi connectivity index (χ1v) is 5.28. The standard InChI is InChI=1S/C14H4F4N2/c15-10-4-2-1-3-7(10)11-8(5-19)9(6-20)12(16)14(18)13(11)17/h1-4H. The van der Waals surface area contributed by atoms with Gasteiger partial charge in [0.05, 0.1) is 5.56 Å². The molecule has 0 N–H and O–H groups in total. The fraction of sp³-hybridized carbons (Fsp3) is 0. The van der Waals surface area contributed by atoms with Crippen LogP contribution in [-0.2, 0) is 0 Å².